The number of amides is 2. The third-order valence-electron chi connectivity index (χ3n) is 3.21. The van der Waals surface area contributed by atoms with E-state index in [2.05, 4.69) is 10.4 Å². The maximum atomic E-state index is 11.9. The van der Waals surface area contributed by atoms with Crippen molar-refractivity contribution in [1.29, 1.82) is 0 Å². The molecule has 0 saturated heterocycles. The minimum Gasteiger partial charge on any atom is -0.466 e. The van der Waals surface area contributed by atoms with Crippen molar-refractivity contribution in [3.63, 3.8) is 0 Å². The molecule has 0 aliphatic carbocycles. The van der Waals surface area contributed by atoms with Crippen LogP contribution >= 0.6 is 0 Å². The van der Waals surface area contributed by atoms with Gasteiger partial charge in [0.2, 0.25) is 5.91 Å². The monoisotopic (exact) mass is 330 g/mol. The Labute approximate surface area is 138 Å². The highest BCUT2D eigenvalue weighted by molar-refractivity contribution is 6.07. The zero-order valence-corrected chi connectivity index (χ0v) is 13.4. The summed E-state index contributed by atoms with van der Waals surface area (Å²) < 4.78 is 6.34. The number of nitrogens with two attached hydrogens (primary N) is 1. The summed E-state index contributed by atoms with van der Waals surface area (Å²) in [6.45, 7) is 1.84. The number of hydrogen-bond acceptors (Lipinski definition) is 5. The van der Waals surface area contributed by atoms with Crippen LogP contribution in [-0.2, 0) is 21.4 Å². The number of aromatic nitrogens is 2. The van der Waals surface area contributed by atoms with Crippen LogP contribution in [0.25, 0.3) is 11.1 Å². The summed E-state index contributed by atoms with van der Waals surface area (Å²) in [7, 11) is 1.78. The average Bonchev–Trinajstić information content (AvgIpc) is 2.94. The van der Waals surface area contributed by atoms with Crippen LogP contribution in [0.15, 0.2) is 30.6 Å². The van der Waals surface area contributed by atoms with Crippen molar-refractivity contribution in [2.24, 2.45) is 12.8 Å². The fourth-order valence-electron chi connectivity index (χ4n) is 2.14. The van der Waals surface area contributed by atoms with Gasteiger partial charge in [-0.2, -0.15) is 5.10 Å². The third kappa shape index (κ3) is 4.19. The first-order chi connectivity index (χ1) is 11.4. The number of carbonyl (C=O) groups excluding carboxylic acids is 3. The Bertz CT molecular complexity index is 782. The molecule has 0 radical (unpaired) electrons. The molecule has 0 fully saturated rings. The lowest BCUT2D eigenvalue weighted by molar-refractivity contribution is -0.145. The highest BCUT2D eigenvalue weighted by Crippen LogP contribution is 2.25. The van der Waals surface area contributed by atoms with Gasteiger partial charge in [-0.05, 0) is 24.6 Å². The summed E-state index contributed by atoms with van der Waals surface area (Å²) >= 11 is 0. The standard InChI is InChI=1S/C16H18N4O4/c1-3-24-15(22)7-14(21)19-13-5-4-10(6-12(13)16(17)23)11-8-18-20(2)9-11/h4-6,8-9H,3,7H2,1-2H3,(H2,17,23)(H,19,21). The molecule has 2 aromatic rings. The van der Waals surface area contributed by atoms with Gasteiger partial charge in [0.15, 0.2) is 0 Å². The molecule has 8 nitrogen and oxygen atoms in total. The highest BCUT2D eigenvalue weighted by atomic mass is 16.5. The van der Waals surface area contributed by atoms with E-state index in [1.807, 2.05) is 0 Å². The minimum atomic E-state index is -0.688. The van der Waals surface area contributed by atoms with Crippen LogP contribution in [0.5, 0.6) is 0 Å². The van der Waals surface area contributed by atoms with E-state index in [1.165, 1.54) is 0 Å². The smallest absolute Gasteiger partial charge is 0.315 e. The van der Waals surface area contributed by atoms with E-state index >= 15 is 0 Å². The molecule has 0 atom stereocenters. The van der Waals surface area contributed by atoms with Crippen LogP contribution in [0.3, 0.4) is 0 Å². The van der Waals surface area contributed by atoms with Gasteiger partial charge in [0.05, 0.1) is 24.1 Å². The maximum absolute atomic E-state index is 11.9. The Balaban J connectivity index is 2.22. The van der Waals surface area contributed by atoms with E-state index in [0.29, 0.717) is 0 Å². The molecule has 2 rings (SSSR count). The molecule has 8 heteroatoms. The molecule has 0 saturated carbocycles. The Hall–Kier alpha value is -3.16. The Morgan fingerprint density at radius 2 is 2.04 bits per heavy atom. The fourth-order valence-corrected chi connectivity index (χ4v) is 2.14. The first-order valence-electron chi connectivity index (χ1n) is 7.29. The molecule has 126 valence electrons. The first-order valence-corrected chi connectivity index (χ1v) is 7.29. The zero-order valence-electron chi connectivity index (χ0n) is 13.4. The topological polar surface area (TPSA) is 116 Å². The highest BCUT2D eigenvalue weighted by Gasteiger charge is 2.15. The van der Waals surface area contributed by atoms with Crippen LogP contribution < -0.4 is 11.1 Å². The number of rotatable bonds is 6. The van der Waals surface area contributed by atoms with Gasteiger partial charge in [-0.1, -0.05) is 6.07 Å². The molecule has 1 heterocycles. The molecule has 0 unspecified atom stereocenters. The molecule has 3 N–H and O–H groups in total. The Kier molecular flexibility index (Phi) is 5.31. The Morgan fingerprint density at radius 3 is 2.62 bits per heavy atom. The number of ether oxygens (including phenoxy) is 1. The van der Waals surface area contributed by atoms with E-state index in [0.717, 1.165) is 11.1 Å². The number of primary amides is 1. The van der Waals surface area contributed by atoms with E-state index in [-0.39, 0.29) is 17.9 Å². The van der Waals surface area contributed by atoms with Crippen molar-refractivity contribution in [1.82, 2.24) is 9.78 Å². The van der Waals surface area contributed by atoms with Gasteiger partial charge in [-0.15, -0.1) is 0 Å². The average molecular weight is 330 g/mol. The number of benzene rings is 1. The van der Waals surface area contributed by atoms with Gasteiger partial charge >= 0.3 is 5.97 Å². The van der Waals surface area contributed by atoms with E-state index in [1.54, 1.807) is 49.2 Å². The molecule has 0 spiro atoms. The van der Waals surface area contributed by atoms with Gasteiger partial charge in [-0.3, -0.25) is 19.1 Å². The zero-order chi connectivity index (χ0) is 17.7. The van der Waals surface area contributed by atoms with Crippen LogP contribution in [0.1, 0.15) is 23.7 Å². The van der Waals surface area contributed by atoms with E-state index in [4.69, 9.17) is 10.5 Å². The van der Waals surface area contributed by atoms with Gasteiger partial charge in [0, 0.05) is 18.8 Å². The van der Waals surface area contributed by atoms with Crippen molar-refractivity contribution >= 4 is 23.5 Å². The van der Waals surface area contributed by atoms with Crippen molar-refractivity contribution < 1.29 is 19.1 Å². The molecule has 1 aromatic carbocycles. The molecule has 24 heavy (non-hydrogen) atoms. The maximum Gasteiger partial charge on any atom is 0.315 e. The SMILES string of the molecule is CCOC(=O)CC(=O)Nc1ccc(-c2cnn(C)c2)cc1C(N)=O. The van der Waals surface area contributed by atoms with Crippen molar-refractivity contribution in [3.8, 4) is 11.1 Å². The minimum absolute atomic E-state index is 0.147. The number of hydrogen-bond donors (Lipinski definition) is 2. The number of aryl methyl sites for hydroxylation is 1. The Morgan fingerprint density at radius 1 is 1.29 bits per heavy atom. The van der Waals surface area contributed by atoms with Crippen molar-refractivity contribution in [2.75, 3.05) is 11.9 Å². The second-order valence-electron chi connectivity index (χ2n) is 5.06. The van der Waals surface area contributed by atoms with Crippen molar-refractivity contribution in [2.45, 2.75) is 13.3 Å². The largest absolute Gasteiger partial charge is 0.466 e. The number of carbonyl (C=O) groups is 3. The summed E-state index contributed by atoms with van der Waals surface area (Å²) in [6, 6.07) is 4.86. The van der Waals surface area contributed by atoms with Gasteiger partial charge in [0.25, 0.3) is 5.91 Å². The number of anilines is 1. The fraction of sp³-hybridized carbons (Fsp3) is 0.250. The molecule has 0 aliphatic heterocycles. The molecule has 0 aliphatic rings. The third-order valence-corrected chi connectivity index (χ3v) is 3.21. The summed E-state index contributed by atoms with van der Waals surface area (Å²) in [6.07, 6.45) is 3.01. The molecule has 1 aromatic heterocycles. The number of nitrogens with zero attached hydrogens (tertiary/aromatic N) is 2. The molecular formula is C16H18N4O4. The quantitative estimate of drug-likeness (QED) is 0.607. The summed E-state index contributed by atoms with van der Waals surface area (Å²) in [5.41, 5.74) is 7.32. The predicted molar refractivity (Wildman–Crippen MR) is 87.0 cm³/mol. The van der Waals surface area contributed by atoms with Gasteiger partial charge in [-0.25, -0.2) is 0 Å². The van der Waals surface area contributed by atoms with Crippen LogP contribution in [0.2, 0.25) is 0 Å². The second kappa shape index (κ2) is 7.40. The van der Waals surface area contributed by atoms with Crippen LogP contribution in [0, 0.1) is 0 Å². The summed E-state index contributed by atoms with van der Waals surface area (Å²) in [4.78, 5) is 34.8. The van der Waals surface area contributed by atoms with Gasteiger partial charge in [0.1, 0.15) is 6.42 Å². The van der Waals surface area contributed by atoms with E-state index < -0.39 is 24.2 Å². The van der Waals surface area contributed by atoms with E-state index in [9.17, 15) is 14.4 Å². The molecule has 0 bridgehead atoms. The lowest BCUT2D eigenvalue weighted by atomic mass is 10.0. The van der Waals surface area contributed by atoms with Crippen LogP contribution in [-0.4, -0.2) is 34.2 Å². The number of nitrogens with one attached hydrogen (secondary N) is 1. The van der Waals surface area contributed by atoms with Gasteiger partial charge < -0.3 is 15.8 Å². The lowest BCUT2D eigenvalue weighted by Gasteiger charge is -2.10. The summed E-state index contributed by atoms with van der Waals surface area (Å²) in [5, 5.41) is 6.57. The normalized spacial score (nSPS) is 10.2. The van der Waals surface area contributed by atoms with Crippen molar-refractivity contribution in [3.05, 3.63) is 36.2 Å². The first kappa shape index (κ1) is 17.2. The molecular weight excluding hydrogens is 312 g/mol. The number of esters is 1. The lowest BCUT2D eigenvalue weighted by Crippen LogP contribution is -2.21. The summed E-state index contributed by atoms with van der Waals surface area (Å²) in [5.74, 6) is -1.90. The second-order valence-corrected chi connectivity index (χ2v) is 5.06. The van der Waals surface area contributed by atoms with Crippen LogP contribution in [0.4, 0.5) is 5.69 Å². The predicted octanol–water partition coefficient (Wildman–Crippen LogP) is 1.08. The molecule has 2 amide bonds.